The Balaban J connectivity index is 1.19. The summed E-state index contributed by atoms with van der Waals surface area (Å²) < 4.78 is 26.5. The van der Waals surface area contributed by atoms with Gasteiger partial charge >= 0.3 is 0 Å². The number of anilines is 3. The van der Waals surface area contributed by atoms with Crippen molar-refractivity contribution < 1.29 is 18.9 Å². The van der Waals surface area contributed by atoms with Crippen LogP contribution in [0.1, 0.15) is 30.5 Å². The van der Waals surface area contributed by atoms with Gasteiger partial charge in [-0.05, 0) is 72.1 Å². The maximum atomic E-state index is 6.76. The molecular weight excluding hydrogens is 601 g/mol. The lowest BCUT2D eigenvalue weighted by Gasteiger charge is -2.44. The second-order valence-electron chi connectivity index (χ2n) is 13.3. The van der Waals surface area contributed by atoms with E-state index in [-0.39, 0.29) is 12.1 Å². The summed E-state index contributed by atoms with van der Waals surface area (Å²) in [6, 6.07) is 35.9. The van der Waals surface area contributed by atoms with Crippen molar-refractivity contribution in [3.8, 4) is 46.0 Å². The maximum Gasteiger partial charge on any atom is 0.270 e. The molecule has 5 heterocycles. The van der Waals surface area contributed by atoms with Gasteiger partial charge in [0.05, 0.1) is 26.9 Å². The Morgan fingerprint density at radius 3 is 1.87 bits per heavy atom. The van der Waals surface area contributed by atoms with E-state index in [1.165, 1.54) is 11.1 Å². The molecule has 0 unspecified atom stereocenters. The van der Waals surface area contributed by atoms with E-state index in [0.717, 1.165) is 94.8 Å². The van der Waals surface area contributed by atoms with Crippen LogP contribution in [0.2, 0.25) is 0 Å². The Hall–Kier alpha value is -5.27. The molecule has 0 amide bonds. The molecule has 0 aliphatic carbocycles. The lowest BCUT2D eigenvalue weighted by molar-refractivity contribution is 0.443. The van der Waals surface area contributed by atoms with Gasteiger partial charge < -0.3 is 23.8 Å². The molecule has 224 valence electrons. The summed E-state index contributed by atoms with van der Waals surface area (Å²) in [5, 5.41) is 0. The molecule has 0 N–H and O–H groups in total. The van der Waals surface area contributed by atoms with E-state index < -0.39 is 0 Å². The van der Waals surface area contributed by atoms with Gasteiger partial charge in [0.2, 0.25) is 0 Å². The van der Waals surface area contributed by atoms with Gasteiger partial charge in [-0.15, -0.1) is 0 Å². The van der Waals surface area contributed by atoms with Gasteiger partial charge in [0.15, 0.2) is 0 Å². The van der Waals surface area contributed by atoms with Crippen LogP contribution in [-0.4, -0.2) is 6.71 Å². The minimum absolute atomic E-state index is 0.0292. The molecule has 0 atom stereocenters. The summed E-state index contributed by atoms with van der Waals surface area (Å²) >= 11 is 1.78. The first kappa shape index (κ1) is 25.9. The monoisotopic (exact) mass is 627 g/mol. The second kappa shape index (κ2) is 8.75. The lowest BCUT2D eigenvalue weighted by Crippen LogP contribution is -2.59. The van der Waals surface area contributed by atoms with Crippen LogP contribution in [0.5, 0.6) is 46.0 Å². The maximum absolute atomic E-state index is 6.76. The number of nitrogens with zero attached hydrogens (tertiary/aromatic N) is 1. The Morgan fingerprint density at radius 2 is 1.17 bits per heavy atom. The number of benzene rings is 6. The zero-order chi connectivity index (χ0) is 31.2. The van der Waals surface area contributed by atoms with Crippen molar-refractivity contribution in [1.29, 1.82) is 0 Å². The largest absolute Gasteiger partial charge is 0.458 e. The molecule has 0 saturated heterocycles. The van der Waals surface area contributed by atoms with Gasteiger partial charge in [-0.1, -0.05) is 68.1 Å². The third kappa shape index (κ3) is 3.27. The van der Waals surface area contributed by atoms with Crippen LogP contribution < -0.4 is 40.2 Å². The van der Waals surface area contributed by atoms with Crippen LogP contribution in [0, 0.1) is 6.92 Å². The zero-order valence-corrected chi connectivity index (χ0v) is 26.7. The van der Waals surface area contributed by atoms with Crippen LogP contribution in [0.25, 0.3) is 0 Å². The fraction of sp³-hybridized carbons (Fsp3) is 0.100. The van der Waals surface area contributed by atoms with Crippen molar-refractivity contribution in [3.05, 3.63) is 120 Å². The molecule has 5 nitrogen and oxygen atoms in total. The van der Waals surface area contributed by atoms with Crippen LogP contribution in [-0.2, 0) is 5.41 Å². The minimum Gasteiger partial charge on any atom is -0.458 e. The fourth-order valence-electron chi connectivity index (χ4n) is 8.18. The van der Waals surface area contributed by atoms with Gasteiger partial charge in [-0.3, -0.25) is 0 Å². The molecule has 11 rings (SSSR count). The number of hydrogen-bond acceptors (Lipinski definition) is 6. The average molecular weight is 628 g/mol. The smallest absolute Gasteiger partial charge is 0.270 e. The predicted octanol–water partition coefficient (Wildman–Crippen LogP) is 9.19. The zero-order valence-electron chi connectivity index (χ0n) is 25.9. The third-order valence-corrected chi connectivity index (χ3v) is 11.4. The lowest BCUT2D eigenvalue weighted by atomic mass is 9.34. The quantitative estimate of drug-likeness (QED) is 0.169. The van der Waals surface area contributed by atoms with Gasteiger partial charge in [0.25, 0.3) is 6.71 Å². The molecule has 6 aromatic rings. The molecule has 0 aromatic heterocycles. The number of fused-ring (bicyclic) bond motifs is 5. The highest BCUT2D eigenvalue weighted by Crippen LogP contribution is 2.61. The molecular formula is C40H26BNO4S. The van der Waals surface area contributed by atoms with Crippen LogP contribution in [0.4, 0.5) is 17.1 Å². The fourth-order valence-corrected chi connectivity index (χ4v) is 9.35. The molecule has 5 aliphatic heterocycles. The highest BCUT2D eigenvalue weighted by Gasteiger charge is 2.47. The van der Waals surface area contributed by atoms with Gasteiger partial charge in [0.1, 0.15) is 46.0 Å². The number of rotatable bonds is 1. The highest BCUT2D eigenvalue weighted by atomic mass is 32.2. The predicted molar refractivity (Wildman–Crippen MR) is 186 cm³/mol. The van der Waals surface area contributed by atoms with E-state index in [0.29, 0.717) is 0 Å². The van der Waals surface area contributed by atoms with Crippen LogP contribution in [0.15, 0.2) is 113 Å². The topological polar surface area (TPSA) is 40.2 Å². The first-order valence-electron chi connectivity index (χ1n) is 16.0. The summed E-state index contributed by atoms with van der Waals surface area (Å²) in [5.74, 6) is 6.70. The van der Waals surface area contributed by atoms with Crippen molar-refractivity contribution in [2.24, 2.45) is 0 Å². The molecule has 0 bridgehead atoms. The number of aryl methyl sites for hydroxylation is 1. The number of ether oxygens (including phenoxy) is 4. The Kier molecular flexibility index (Phi) is 4.82. The van der Waals surface area contributed by atoms with E-state index in [1.54, 1.807) is 11.8 Å². The minimum atomic E-state index is -0.248. The van der Waals surface area contributed by atoms with E-state index in [2.05, 4.69) is 80.3 Å². The van der Waals surface area contributed by atoms with E-state index in [1.807, 2.05) is 48.5 Å². The van der Waals surface area contributed by atoms with Crippen LogP contribution >= 0.6 is 11.8 Å². The molecule has 0 fully saturated rings. The summed E-state index contributed by atoms with van der Waals surface area (Å²) in [5.41, 5.74) is 9.78. The second-order valence-corrected chi connectivity index (χ2v) is 14.4. The van der Waals surface area contributed by atoms with Crippen molar-refractivity contribution in [2.75, 3.05) is 4.90 Å². The first-order chi connectivity index (χ1) is 23.0. The Bertz CT molecular complexity index is 2340. The summed E-state index contributed by atoms with van der Waals surface area (Å²) in [7, 11) is 0. The van der Waals surface area contributed by atoms with Crippen LogP contribution in [0.3, 0.4) is 0 Å². The Labute approximate surface area is 276 Å². The van der Waals surface area contributed by atoms with E-state index >= 15 is 0 Å². The summed E-state index contributed by atoms with van der Waals surface area (Å²) in [6.07, 6.45) is 0. The molecule has 0 radical (unpaired) electrons. The van der Waals surface area contributed by atoms with Gasteiger partial charge in [0, 0.05) is 33.9 Å². The van der Waals surface area contributed by atoms with Crippen molar-refractivity contribution in [3.63, 3.8) is 0 Å². The normalized spacial score (nSPS) is 15.8. The number of para-hydroxylation sites is 2. The average Bonchev–Trinajstić information content (AvgIpc) is 3.08. The Morgan fingerprint density at radius 1 is 0.596 bits per heavy atom. The van der Waals surface area contributed by atoms with Gasteiger partial charge in [-0.25, -0.2) is 0 Å². The van der Waals surface area contributed by atoms with E-state index in [9.17, 15) is 0 Å². The van der Waals surface area contributed by atoms with E-state index in [4.69, 9.17) is 18.9 Å². The summed E-state index contributed by atoms with van der Waals surface area (Å²) in [6.45, 7) is 6.78. The van der Waals surface area contributed by atoms with Crippen molar-refractivity contribution >= 4 is 51.9 Å². The van der Waals surface area contributed by atoms with Gasteiger partial charge in [-0.2, -0.15) is 0 Å². The molecule has 5 aliphatic rings. The third-order valence-electron chi connectivity index (χ3n) is 10.3. The standard InChI is InChI=1S/C40H26BNO4S/c1-21-18-24-37(39-38(21)46-26-12-6-7-17-33(26)47-39)42(25-11-5-4-10-23(25)40(24,2)3)22-19-31-36-32(20-22)45-30-16-9-14-28-35(30)41(36)34-27(43-28)13-8-15-29(34)44-31/h4-20H,1-3H3. The van der Waals surface area contributed by atoms with Crippen molar-refractivity contribution in [2.45, 2.75) is 36.0 Å². The summed E-state index contributed by atoms with van der Waals surface area (Å²) in [4.78, 5) is 4.61. The highest BCUT2D eigenvalue weighted by molar-refractivity contribution is 7.99. The first-order valence-corrected chi connectivity index (χ1v) is 16.8. The molecule has 6 aromatic carbocycles. The molecule has 0 spiro atoms. The molecule has 47 heavy (non-hydrogen) atoms. The molecule has 7 heteroatoms. The molecule has 0 saturated carbocycles. The SMILES string of the molecule is Cc1cc2c(c3c1Oc1ccccc1S3)N(c1cc3c4c(c1)Oc1cccc5c1B4c1c(cccc1O3)O5)c1ccccc1C2(C)C. The number of hydrogen-bond donors (Lipinski definition) is 0. The van der Waals surface area contributed by atoms with Crippen molar-refractivity contribution in [1.82, 2.24) is 0 Å².